The van der Waals surface area contributed by atoms with Crippen LogP contribution < -0.4 is 11.1 Å². The van der Waals surface area contributed by atoms with Gasteiger partial charge in [0.2, 0.25) is 11.8 Å². The number of rotatable bonds is 4. The fourth-order valence-electron chi connectivity index (χ4n) is 1.58. The van der Waals surface area contributed by atoms with Gasteiger partial charge in [-0.1, -0.05) is 0 Å². The maximum Gasteiger partial charge on any atom is 0.239 e. The molecule has 5 nitrogen and oxygen atoms in total. The van der Waals surface area contributed by atoms with Gasteiger partial charge in [0.1, 0.15) is 0 Å². The highest BCUT2D eigenvalue weighted by molar-refractivity contribution is 5.85. The average molecular weight is 264 g/mol. The quantitative estimate of drug-likeness (QED) is 0.765. The Labute approximate surface area is 109 Å². The third-order valence-electron chi connectivity index (χ3n) is 2.50. The molecule has 0 aromatic rings. The molecule has 1 heterocycles. The molecule has 0 aromatic carbocycles. The fourth-order valence-corrected chi connectivity index (χ4v) is 1.58. The van der Waals surface area contributed by atoms with Gasteiger partial charge in [-0.3, -0.25) is 9.59 Å². The first kappa shape index (κ1) is 16.2. The molecule has 100 valence electrons. The number of likely N-dealkylation sites (tertiary alicyclic amines) is 1. The number of piperidine rings is 1. The van der Waals surface area contributed by atoms with Gasteiger partial charge >= 0.3 is 0 Å². The standard InChI is InChI=1S/C11H21N3O2.ClH/c1-11(2,12)8-13-9(15)7-14-6-4-3-5-10(14)16;/h3-8,12H2,1-2H3,(H,13,15);1H. The van der Waals surface area contributed by atoms with Crippen molar-refractivity contribution in [1.82, 2.24) is 10.2 Å². The van der Waals surface area contributed by atoms with Crippen molar-refractivity contribution in [1.29, 1.82) is 0 Å². The Morgan fingerprint density at radius 3 is 2.65 bits per heavy atom. The molecule has 1 saturated heterocycles. The predicted octanol–water partition coefficient (Wildman–Crippen LogP) is 0.274. The van der Waals surface area contributed by atoms with Crippen molar-refractivity contribution in [3.8, 4) is 0 Å². The van der Waals surface area contributed by atoms with Crippen LogP contribution in [0, 0.1) is 0 Å². The van der Waals surface area contributed by atoms with Crippen molar-refractivity contribution in [3.63, 3.8) is 0 Å². The Kier molecular flexibility index (Phi) is 6.49. The summed E-state index contributed by atoms with van der Waals surface area (Å²) in [7, 11) is 0. The zero-order valence-corrected chi connectivity index (χ0v) is 11.3. The number of nitrogens with zero attached hydrogens (tertiary/aromatic N) is 1. The number of halogens is 1. The summed E-state index contributed by atoms with van der Waals surface area (Å²) >= 11 is 0. The number of hydrogen-bond acceptors (Lipinski definition) is 3. The topological polar surface area (TPSA) is 75.4 Å². The summed E-state index contributed by atoms with van der Waals surface area (Å²) in [6.45, 7) is 4.97. The summed E-state index contributed by atoms with van der Waals surface area (Å²) in [5, 5.41) is 2.73. The highest BCUT2D eigenvalue weighted by Crippen LogP contribution is 2.09. The van der Waals surface area contributed by atoms with Crippen LogP contribution in [0.3, 0.4) is 0 Å². The number of amides is 2. The van der Waals surface area contributed by atoms with E-state index in [0.717, 1.165) is 12.8 Å². The van der Waals surface area contributed by atoms with E-state index in [2.05, 4.69) is 5.32 Å². The van der Waals surface area contributed by atoms with E-state index in [0.29, 0.717) is 19.5 Å². The highest BCUT2D eigenvalue weighted by atomic mass is 35.5. The minimum Gasteiger partial charge on any atom is -0.353 e. The number of nitrogens with one attached hydrogen (secondary N) is 1. The lowest BCUT2D eigenvalue weighted by molar-refractivity contribution is -0.137. The van der Waals surface area contributed by atoms with Crippen LogP contribution >= 0.6 is 12.4 Å². The van der Waals surface area contributed by atoms with E-state index in [1.165, 1.54) is 0 Å². The molecule has 0 atom stereocenters. The minimum atomic E-state index is -0.415. The van der Waals surface area contributed by atoms with Crippen molar-refractivity contribution in [2.45, 2.75) is 38.6 Å². The molecule has 0 unspecified atom stereocenters. The maximum atomic E-state index is 11.5. The summed E-state index contributed by atoms with van der Waals surface area (Å²) in [5.41, 5.74) is 5.33. The lowest BCUT2D eigenvalue weighted by Crippen LogP contribution is -2.49. The highest BCUT2D eigenvalue weighted by Gasteiger charge is 2.21. The number of hydrogen-bond donors (Lipinski definition) is 2. The first-order valence-electron chi connectivity index (χ1n) is 5.72. The van der Waals surface area contributed by atoms with E-state index in [1.54, 1.807) is 4.90 Å². The van der Waals surface area contributed by atoms with Crippen LogP contribution in [0.5, 0.6) is 0 Å². The third-order valence-corrected chi connectivity index (χ3v) is 2.50. The SMILES string of the molecule is CC(C)(N)CNC(=O)CN1CCCCC1=O.Cl. The normalized spacial score (nSPS) is 16.4. The van der Waals surface area contributed by atoms with E-state index in [1.807, 2.05) is 13.8 Å². The van der Waals surface area contributed by atoms with Crippen LogP contribution in [-0.4, -0.2) is 41.9 Å². The predicted molar refractivity (Wildman–Crippen MR) is 69.0 cm³/mol. The second kappa shape index (κ2) is 6.81. The Hall–Kier alpha value is -0.810. The van der Waals surface area contributed by atoms with Crippen LogP contribution in [0.15, 0.2) is 0 Å². The first-order valence-corrected chi connectivity index (χ1v) is 5.72. The summed E-state index contributed by atoms with van der Waals surface area (Å²) in [4.78, 5) is 24.6. The molecule has 6 heteroatoms. The lowest BCUT2D eigenvalue weighted by Gasteiger charge is -2.27. The van der Waals surface area contributed by atoms with Crippen LogP contribution in [-0.2, 0) is 9.59 Å². The van der Waals surface area contributed by atoms with Crippen LogP contribution in [0.1, 0.15) is 33.1 Å². The van der Waals surface area contributed by atoms with Crippen molar-refractivity contribution in [2.75, 3.05) is 19.6 Å². The average Bonchev–Trinajstić information content (AvgIpc) is 2.18. The van der Waals surface area contributed by atoms with Gasteiger partial charge < -0.3 is 16.0 Å². The molecule has 0 saturated carbocycles. The van der Waals surface area contributed by atoms with Crippen molar-refractivity contribution in [3.05, 3.63) is 0 Å². The second-order valence-electron chi connectivity index (χ2n) is 5.04. The first-order chi connectivity index (χ1) is 7.38. The molecule has 0 aromatic heterocycles. The van der Waals surface area contributed by atoms with Gasteiger partial charge in [0.25, 0.3) is 0 Å². The van der Waals surface area contributed by atoms with E-state index in [4.69, 9.17) is 5.73 Å². The summed E-state index contributed by atoms with van der Waals surface area (Å²) in [6.07, 6.45) is 2.49. The summed E-state index contributed by atoms with van der Waals surface area (Å²) < 4.78 is 0. The molecule has 1 rings (SSSR count). The molecular weight excluding hydrogens is 242 g/mol. The van der Waals surface area contributed by atoms with Gasteiger partial charge in [0, 0.05) is 25.0 Å². The Morgan fingerprint density at radius 1 is 1.47 bits per heavy atom. The Morgan fingerprint density at radius 2 is 2.12 bits per heavy atom. The van der Waals surface area contributed by atoms with Gasteiger partial charge in [-0.05, 0) is 26.7 Å². The molecule has 0 spiro atoms. The van der Waals surface area contributed by atoms with Crippen molar-refractivity contribution in [2.24, 2.45) is 5.73 Å². The molecule has 0 bridgehead atoms. The Bertz CT molecular complexity index is 276. The number of carbonyl (C=O) groups is 2. The molecule has 0 radical (unpaired) electrons. The van der Waals surface area contributed by atoms with Gasteiger partial charge in [0.15, 0.2) is 0 Å². The van der Waals surface area contributed by atoms with Crippen molar-refractivity contribution >= 4 is 24.2 Å². The van der Waals surface area contributed by atoms with Crippen LogP contribution in [0.25, 0.3) is 0 Å². The second-order valence-corrected chi connectivity index (χ2v) is 5.04. The smallest absolute Gasteiger partial charge is 0.239 e. The summed E-state index contributed by atoms with van der Waals surface area (Å²) in [6, 6.07) is 0. The molecular formula is C11H22ClN3O2. The van der Waals surface area contributed by atoms with E-state index in [-0.39, 0.29) is 30.8 Å². The molecule has 0 aliphatic carbocycles. The monoisotopic (exact) mass is 263 g/mol. The maximum absolute atomic E-state index is 11.5. The largest absolute Gasteiger partial charge is 0.353 e. The van der Waals surface area contributed by atoms with Gasteiger partial charge in [0.05, 0.1) is 6.54 Å². The fraction of sp³-hybridized carbons (Fsp3) is 0.818. The third kappa shape index (κ3) is 6.48. The zero-order valence-electron chi connectivity index (χ0n) is 10.5. The van der Waals surface area contributed by atoms with E-state index >= 15 is 0 Å². The molecule has 1 aliphatic rings. The van der Waals surface area contributed by atoms with Crippen LogP contribution in [0.4, 0.5) is 0 Å². The molecule has 1 aliphatic heterocycles. The van der Waals surface area contributed by atoms with E-state index in [9.17, 15) is 9.59 Å². The summed E-state index contributed by atoms with van der Waals surface area (Å²) in [5.74, 6) is -0.0535. The van der Waals surface area contributed by atoms with Gasteiger partial charge in [-0.25, -0.2) is 0 Å². The van der Waals surface area contributed by atoms with E-state index < -0.39 is 5.54 Å². The molecule has 17 heavy (non-hydrogen) atoms. The van der Waals surface area contributed by atoms with Gasteiger partial charge in [-0.15, -0.1) is 12.4 Å². The number of nitrogens with two attached hydrogens (primary N) is 1. The van der Waals surface area contributed by atoms with Crippen molar-refractivity contribution < 1.29 is 9.59 Å². The van der Waals surface area contributed by atoms with Crippen LogP contribution in [0.2, 0.25) is 0 Å². The molecule has 2 amide bonds. The minimum absolute atomic E-state index is 0. The number of carbonyl (C=O) groups excluding carboxylic acids is 2. The molecule has 3 N–H and O–H groups in total. The Balaban J connectivity index is 0.00000256. The zero-order chi connectivity index (χ0) is 12.2. The molecule has 1 fully saturated rings. The lowest BCUT2D eigenvalue weighted by atomic mass is 10.1. The van der Waals surface area contributed by atoms with Gasteiger partial charge in [-0.2, -0.15) is 0 Å².